The van der Waals surface area contributed by atoms with E-state index in [1.807, 2.05) is 0 Å². The molecule has 9 heteroatoms. The Morgan fingerprint density at radius 1 is 1.23 bits per heavy atom. The van der Waals surface area contributed by atoms with E-state index in [0.717, 1.165) is 45.6 Å². The summed E-state index contributed by atoms with van der Waals surface area (Å²) in [7, 11) is 1.57. The number of carboxylic acid groups (broad SMARTS) is 2. The summed E-state index contributed by atoms with van der Waals surface area (Å²) in [4.78, 5) is 31.6. The Balaban J connectivity index is 0.000000487. The minimum Gasteiger partial charge on any atom is -0.493 e. The third-order valence-corrected chi connectivity index (χ3v) is 3.51. The van der Waals surface area contributed by atoms with Gasteiger partial charge in [-0.25, -0.2) is 9.59 Å². The zero-order valence-corrected chi connectivity index (χ0v) is 14.6. The van der Waals surface area contributed by atoms with Crippen molar-refractivity contribution in [3.63, 3.8) is 0 Å². The van der Waals surface area contributed by atoms with Crippen LogP contribution < -0.4 is 9.47 Å². The Hall–Kier alpha value is -2.65. The lowest BCUT2D eigenvalue weighted by Crippen LogP contribution is -2.37. The molecule has 1 aliphatic heterocycles. The average Bonchev–Trinajstić information content (AvgIpc) is 2.66. The first-order valence-electron chi connectivity index (χ1n) is 8.01. The summed E-state index contributed by atoms with van der Waals surface area (Å²) in [5.74, 6) is -2.52. The van der Waals surface area contributed by atoms with Gasteiger partial charge in [0, 0.05) is 19.6 Å². The van der Waals surface area contributed by atoms with Crippen molar-refractivity contribution >= 4 is 18.2 Å². The number of para-hydroxylation sites is 1. The van der Waals surface area contributed by atoms with E-state index in [-0.39, 0.29) is 0 Å². The van der Waals surface area contributed by atoms with Crippen LogP contribution in [0.25, 0.3) is 0 Å². The summed E-state index contributed by atoms with van der Waals surface area (Å²) in [5, 5.41) is 14.8. The normalized spacial score (nSPS) is 13.9. The van der Waals surface area contributed by atoms with Gasteiger partial charge in [0.05, 0.1) is 32.5 Å². The summed E-state index contributed by atoms with van der Waals surface area (Å²) in [6, 6.07) is 5.31. The number of carbonyl (C=O) groups excluding carboxylic acids is 1. The maximum absolute atomic E-state index is 11.0. The highest BCUT2D eigenvalue weighted by Crippen LogP contribution is 2.30. The smallest absolute Gasteiger partial charge is 0.414 e. The van der Waals surface area contributed by atoms with Gasteiger partial charge in [0.15, 0.2) is 17.8 Å². The largest absolute Gasteiger partial charge is 0.493 e. The molecule has 0 spiro atoms. The van der Waals surface area contributed by atoms with E-state index >= 15 is 0 Å². The van der Waals surface area contributed by atoms with Gasteiger partial charge >= 0.3 is 11.9 Å². The zero-order chi connectivity index (χ0) is 19.4. The molecule has 1 heterocycles. The molecule has 0 radical (unpaired) electrons. The molecule has 2 rings (SSSR count). The molecule has 26 heavy (non-hydrogen) atoms. The highest BCUT2D eigenvalue weighted by molar-refractivity contribution is 6.27. The SMILES string of the molecule is COc1cccc(C=O)c1OCCCN1CCOCC1.O=C(O)C(=O)O. The first-order chi connectivity index (χ1) is 12.5. The van der Waals surface area contributed by atoms with Gasteiger partial charge in [0.25, 0.3) is 0 Å². The van der Waals surface area contributed by atoms with Crippen molar-refractivity contribution in [3.8, 4) is 11.5 Å². The fourth-order valence-corrected chi connectivity index (χ4v) is 2.23. The molecule has 0 bridgehead atoms. The molecule has 0 saturated carbocycles. The van der Waals surface area contributed by atoms with Crippen molar-refractivity contribution in [1.29, 1.82) is 0 Å². The van der Waals surface area contributed by atoms with Gasteiger partial charge in [-0.15, -0.1) is 0 Å². The lowest BCUT2D eigenvalue weighted by atomic mass is 10.2. The van der Waals surface area contributed by atoms with E-state index < -0.39 is 11.9 Å². The summed E-state index contributed by atoms with van der Waals surface area (Å²) in [6.07, 6.45) is 1.70. The summed E-state index contributed by atoms with van der Waals surface area (Å²) in [6.45, 7) is 5.13. The van der Waals surface area contributed by atoms with Crippen molar-refractivity contribution in [2.45, 2.75) is 6.42 Å². The summed E-state index contributed by atoms with van der Waals surface area (Å²) < 4.78 is 16.3. The Bertz CT molecular complexity index is 586. The number of carboxylic acids is 2. The second-order valence-electron chi connectivity index (χ2n) is 5.26. The van der Waals surface area contributed by atoms with E-state index in [9.17, 15) is 4.79 Å². The Morgan fingerprint density at radius 3 is 2.42 bits per heavy atom. The fraction of sp³-hybridized carbons (Fsp3) is 0.471. The maximum atomic E-state index is 11.0. The van der Waals surface area contributed by atoms with Gasteiger partial charge in [0.1, 0.15) is 0 Å². The van der Waals surface area contributed by atoms with Crippen LogP contribution in [-0.4, -0.2) is 79.9 Å². The van der Waals surface area contributed by atoms with Crippen LogP contribution >= 0.6 is 0 Å². The minimum atomic E-state index is -1.82. The lowest BCUT2D eigenvalue weighted by Gasteiger charge is -2.26. The number of carbonyl (C=O) groups is 3. The van der Waals surface area contributed by atoms with Crippen LogP contribution in [0.1, 0.15) is 16.8 Å². The third-order valence-electron chi connectivity index (χ3n) is 3.51. The molecule has 2 N–H and O–H groups in total. The highest BCUT2D eigenvalue weighted by atomic mass is 16.5. The van der Waals surface area contributed by atoms with Crippen molar-refractivity contribution in [2.75, 3.05) is 46.6 Å². The number of ether oxygens (including phenoxy) is 3. The molecule has 0 aromatic heterocycles. The predicted molar refractivity (Wildman–Crippen MR) is 91.0 cm³/mol. The number of aldehydes is 1. The van der Waals surface area contributed by atoms with Crippen molar-refractivity contribution in [2.24, 2.45) is 0 Å². The first-order valence-corrected chi connectivity index (χ1v) is 8.01. The molecule has 0 aliphatic carbocycles. The van der Waals surface area contributed by atoms with E-state index in [0.29, 0.717) is 23.7 Å². The number of hydrogen-bond donors (Lipinski definition) is 2. The first kappa shape index (κ1) is 21.4. The Labute approximate surface area is 151 Å². The fourth-order valence-electron chi connectivity index (χ4n) is 2.23. The molecule has 0 unspecified atom stereocenters. The van der Waals surface area contributed by atoms with Crippen LogP contribution in [0, 0.1) is 0 Å². The quantitative estimate of drug-likeness (QED) is 0.407. The number of rotatable bonds is 7. The van der Waals surface area contributed by atoms with Crippen LogP contribution in [0.5, 0.6) is 11.5 Å². The van der Waals surface area contributed by atoms with E-state index in [1.165, 1.54) is 0 Å². The molecule has 1 aromatic rings. The molecule has 9 nitrogen and oxygen atoms in total. The Kier molecular flexibility index (Phi) is 9.73. The van der Waals surface area contributed by atoms with E-state index in [4.69, 9.17) is 34.0 Å². The van der Waals surface area contributed by atoms with Crippen LogP contribution in [0.4, 0.5) is 0 Å². The van der Waals surface area contributed by atoms with Crippen LogP contribution in [0.3, 0.4) is 0 Å². The molecule has 0 amide bonds. The summed E-state index contributed by atoms with van der Waals surface area (Å²) in [5.41, 5.74) is 0.524. The number of benzene rings is 1. The highest BCUT2D eigenvalue weighted by Gasteiger charge is 2.12. The van der Waals surface area contributed by atoms with Gasteiger partial charge in [-0.05, 0) is 18.6 Å². The molecule has 144 valence electrons. The number of methoxy groups -OCH3 is 1. The Morgan fingerprint density at radius 2 is 1.88 bits per heavy atom. The molecule has 1 aliphatic rings. The molecule has 1 saturated heterocycles. The van der Waals surface area contributed by atoms with Gasteiger partial charge in [-0.3, -0.25) is 9.69 Å². The van der Waals surface area contributed by atoms with Crippen molar-refractivity contribution < 1.29 is 38.8 Å². The maximum Gasteiger partial charge on any atom is 0.414 e. The van der Waals surface area contributed by atoms with Gasteiger partial charge in [-0.1, -0.05) is 6.07 Å². The molecule has 1 fully saturated rings. The number of aliphatic carboxylic acids is 2. The second kappa shape index (κ2) is 11.8. The molecular formula is C17H23NO8. The van der Waals surface area contributed by atoms with E-state index in [2.05, 4.69) is 4.90 Å². The predicted octanol–water partition coefficient (Wildman–Crippen LogP) is 0.764. The molecule has 0 atom stereocenters. The monoisotopic (exact) mass is 369 g/mol. The molecule has 1 aromatic carbocycles. The van der Waals surface area contributed by atoms with Gasteiger partial charge in [0.2, 0.25) is 0 Å². The van der Waals surface area contributed by atoms with Crippen LogP contribution in [-0.2, 0) is 14.3 Å². The topological polar surface area (TPSA) is 123 Å². The van der Waals surface area contributed by atoms with Crippen molar-refractivity contribution in [3.05, 3.63) is 23.8 Å². The molecular weight excluding hydrogens is 346 g/mol. The van der Waals surface area contributed by atoms with Crippen LogP contribution in [0.2, 0.25) is 0 Å². The second-order valence-corrected chi connectivity index (χ2v) is 5.26. The lowest BCUT2D eigenvalue weighted by molar-refractivity contribution is -0.159. The summed E-state index contributed by atoms with van der Waals surface area (Å²) >= 11 is 0. The third kappa shape index (κ3) is 7.49. The van der Waals surface area contributed by atoms with Gasteiger partial charge in [-0.2, -0.15) is 0 Å². The number of nitrogens with zero attached hydrogens (tertiary/aromatic N) is 1. The average molecular weight is 369 g/mol. The van der Waals surface area contributed by atoms with E-state index in [1.54, 1.807) is 25.3 Å². The van der Waals surface area contributed by atoms with Crippen molar-refractivity contribution in [1.82, 2.24) is 4.90 Å². The minimum absolute atomic E-state index is 0.524. The number of hydrogen-bond acceptors (Lipinski definition) is 7. The number of morpholine rings is 1. The van der Waals surface area contributed by atoms with Crippen LogP contribution in [0.15, 0.2) is 18.2 Å². The zero-order valence-electron chi connectivity index (χ0n) is 14.6. The van der Waals surface area contributed by atoms with Gasteiger partial charge < -0.3 is 24.4 Å². The standard InChI is InChI=1S/C15H21NO4.C2H2O4/c1-18-14-5-2-4-13(12-17)15(14)20-9-3-6-16-7-10-19-11-8-16;3-1(4)2(5)6/h2,4-5,12H,3,6-11H2,1H3;(H,3,4)(H,5,6).